The largest absolute Gasteiger partial charge is 0.573 e. The predicted octanol–water partition coefficient (Wildman–Crippen LogP) is 5.04. The predicted molar refractivity (Wildman–Crippen MR) is 89.3 cm³/mol. The average Bonchev–Trinajstić information content (AvgIpc) is 2.46. The van der Waals surface area contributed by atoms with Crippen molar-refractivity contribution in [2.75, 3.05) is 0 Å². The minimum Gasteiger partial charge on any atom is -0.406 e. The smallest absolute Gasteiger partial charge is 0.406 e. The standard InChI is InChI=1S/C19H23F3O3/c1-13(12-14(2)23)18(3,4)17(24)7-5-6-15-8-10-16(11-9-15)25-19(20,21)22/h8-11H,1,5-7,12H2,2-4H3. The van der Waals surface area contributed by atoms with E-state index >= 15 is 0 Å². The number of ketones is 2. The molecule has 0 N–H and O–H groups in total. The van der Waals surface area contributed by atoms with Gasteiger partial charge in [-0.2, -0.15) is 0 Å². The van der Waals surface area contributed by atoms with Gasteiger partial charge in [-0.1, -0.05) is 24.3 Å². The zero-order valence-electron chi connectivity index (χ0n) is 14.7. The zero-order chi connectivity index (χ0) is 19.3. The van der Waals surface area contributed by atoms with Gasteiger partial charge >= 0.3 is 6.36 Å². The second kappa shape index (κ2) is 8.32. The second-order valence-corrected chi connectivity index (χ2v) is 6.58. The van der Waals surface area contributed by atoms with Crippen LogP contribution in [0.25, 0.3) is 0 Å². The third-order valence-electron chi connectivity index (χ3n) is 4.07. The van der Waals surface area contributed by atoms with Gasteiger partial charge in [-0.3, -0.25) is 9.59 Å². The molecule has 0 aliphatic rings. The number of ether oxygens (including phenoxy) is 1. The topological polar surface area (TPSA) is 43.4 Å². The number of rotatable bonds is 9. The van der Waals surface area contributed by atoms with Crippen molar-refractivity contribution in [2.24, 2.45) is 5.41 Å². The number of hydrogen-bond acceptors (Lipinski definition) is 3. The minimum atomic E-state index is -4.71. The van der Waals surface area contributed by atoms with E-state index in [0.29, 0.717) is 24.8 Å². The quantitative estimate of drug-likeness (QED) is 0.582. The summed E-state index contributed by atoms with van der Waals surface area (Å²) in [6, 6.07) is 5.60. The molecule has 6 heteroatoms. The van der Waals surface area contributed by atoms with E-state index in [2.05, 4.69) is 11.3 Å². The molecule has 0 aliphatic heterocycles. The molecule has 138 valence electrons. The highest BCUT2D eigenvalue weighted by Gasteiger charge is 2.31. The molecule has 25 heavy (non-hydrogen) atoms. The van der Waals surface area contributed by atoms with Crippen LogP contribution in [0.15, 0.2) is 36.4 Å². The van der Waals surface area contributed by atoms with Crippen molar-refractivity contribution in [1.82, 2.24) is 0 Å². The second-order valence-electron chi connectivity index (χ2n) is 6.58. The first-order chi connectivity index (χ1) is 11.4. The maximum Gasteiger partial charge on any atom is 0.573 e. The van der Waals surface area contributed by atoms with Gasteiger partial charge in [0.05, 0.1) is 0 Å². The summed E-state index contributed by atoms with van der Waals surface area (Å²) in [6.45, 7) is 8.81. The molecule has 0 unspecified atom stereocenters. The van der Waals surface area contributed by atoms with Crippen LogP contribution >= 0.6 is 0 Å². The minimum absolute atomic E-state index is 0.00391. The molecule has 0 heterocycles. The fourth-order valence-corrected chi connectivity index (χ4v) is 2.34. The Balaban J connectivity index is 2.52. The van der Waals surface area contributed by atoms with Crippen molar-refractivity contribution in [3.05, 3.63) is 42.0 Å². The van der Waals surface area contributed by atoms with Crippen molar-refractivity contribution in [3.63, 3.8) is 0 Å². The fraction of sp³-hybridized carbons (Fsp3) is 0.474. The molecule has 0 spiro atoms. The summed E-state index contributed by atoms with van der Waals surface area (Å²) >= 11 is 0. The molecule has 0 atom stereocenters. The van der Waals surface area contributed by atoms with Crippen molar-refractivity contribution in [2.45, 2.75) is 52.8 Å². The molecule has 0 fully saturated rings. The Hall–Kier alpha value is -2.11. The molecule has 0 saturated carbocycles. The summed E-state index contributed by atoms with van der Waals surface area (Å²) in [5.41, 5.74) is 0.650. The summed E-state index contributed by atoms with van der Waals surface area (Å²) in [7, 11) is 0. The Bertz CT molecular complexity index is 628. The first-order valence-corrected chi connectivity index (χ1v) is 7.97. The van der Waals surface area contributed by atoms with Gasteiger partial charge in [-0.25, -0.2) is 0 Å². The summed E-state index contributed by atoms with van der Waals surface area (Å²) in [5, 5.41) is 0. The van der Waals surface area contributed by atoms with E-state index in [9.17, 15) is 22.8 Å². The van der Waals surface area contributed by atoms with Gasteiger partial charge in [0.25, 0.3) is 0 Å². The van der Waals surface area contributed by atoms with Gasteiger partial charge in [0.15, 0.2) is 0 Å². The third kappa shape index (κ3) is 7.11. The van der Waals surface area contributed by atoms with Crippen molar-refractivity contribution < 1.29 is 27.5 Å². The van der Waals surface area contributed by atoms with Crippen LogP contribution in [-0.2, 0) is 16.0 Å². The third-order valence-corrected chi connectivity index (χ3v) is 4.07. The molecule has 0 saturated heterocycles. The van der Waals surface area contributed by atoms with Crippen molar-refractivity contribution in [1.29, 1.82) is 0 Å². The molecular formula is C19H23F3O3. The lowest BCUT2D eigenvalue weighted by Gasteiger charge is -2.25. The first-order valence-electron chi connectivity index (χ1n) is 7.97. The first kappa shape index (κ1) is 20.9. The molecule has 1 aromatic carbocycles. The van der Waals surface area contributed by atoms with Crippen LogP contribution in [0.4, 0.5) is 13.2 Å². The lowest BCUT2D eigenvalue weighted by molar-refractivity contribution is -0.274. The molecule has 1 rings (SSSR count). The number of carbonyl (C=O) groups excluding carboxylic acids is 2. The molecule has 0 amide bonds. The summed E-state index contributed by atoms with van der Waals surface area (Å²) in [4.78, 5) is 23.6. The van der Waals surface area contributed by atoms with Crippen LogP contribution in [0.2, 0.25) is 0 Å². The summed E-state index contributed by atoms with van der Waals surface area (Å²) in [5.74, 6) is -0.309. The van der Waals surface area contributed by atoms with Gasteiger partial charge in [0, 0.05) is 18.3 Å². The van der Waals surface area contributed by atoms with Gasteiger partial charge in [0.1, 0.15) is 17.3 Å². The van der Waals surface area contributed by atoms with Crippen LogP contribution in [-0.4, -0.2) is 17.9 Å². The van der Waals surface area contributed by atoms with Gasteiger partial charge in [-0.15, -0.1) is 13.2 Å². The molecular weight excluding hydrogens is 333 g/mol. The lowest BCUT2D eigenvalue weighted by Crippen LogP contribution is -2.27. The average molecular weight is 356 g/mol. The SMILES string of the molecule is C=C(CC(C)=O)C(C)(C)C(=O)CCCc1ccc(OC(F)(F)F)cc1. The van der Waals surface area contributed by atoms with E-state index in [-0.39, 0.29) is 23.7 Å². The number of carbonyl (C=O) groups is 2. The maximum absolute atomic E-state index is 12.4. The van der Waals surface area contributed by atoms with E-state index in [1.54, 1.807) is 26.0 Å². The van der Waals surface area contributed by atoms with E-state index in [4.69, 9.17) is 0 Å². The Morgan fingerprint density at radius 1 is 1.12 bits per heavy atom. The number of aryl methyl sites for hydroxylation is 1. The fourth-order valence-electron chi connectivity index (χ4n) is 2.34. The number of alkyl halides is 3. The zero-order valence-corrected chi connectivity index (χ0v) is 14.7. The monoisotopic (exact) mass is 356 g/mol. The van der Waals surface area contributed by atoms with Crippen LogP contribution in [0.5, 0.6) is 5.75 Å². The van der Waals surface area contributed by atoms with E-state index in [0.717, 1.165) is 5.56 Å². The van der Waals surface area contributed by atoms with Gasteiger partial charge < -0.3 is 4.74 Å². The van der Waals surface area contributed by atoms with Crippen molar-refractivity contribution >= 4 is 11.6 Å². The lowest BCUT2D eigenvalue weighted by atomic mass is 9.77. The van der Waals surface area contributed by atoms with Gasteiger partial charge in [0.2, 0.25) is 0 Å². The van der Waals surface area contributed by atoms with Crippen LogP contribution < -0.4 is 4.74 Å². The summed E-state index contributed by atoms with van der Waals surface area (Å²) in [6.07, 6.45) is -3.09. The molecule has 0 aromatic heterocycles. The van der Waals surface area contributed by atoms with Crippen LogP contribution in [0, 0.1) is 5.41 Å². The molecule has 0 bridgehead atoms. The summed E-state index contributed by atoms with van der Waals surface area (Å²) < 4.78 is 40.1. The van der Waals surface area contributed by atoms with E-state index < -0.39 is 11.8 Å². The number of Topliss-reactive ketones (excluding diaryl/α,β-unsaturated/α-hetero) is 2. The maximum atomic E-state index is 12.4. The molecule has 3 nitrogen and oxygen atoms in total. The Morgan fingerprint density at radius 3 is 2.16 bits per heavy atom. The number of hydrogen-bond donors (Lipinski definition) is 0. The molecule has 0 aliphatic carbocycles. The van der Waals surface area contributed by atoms with E-state index in [1.165, 1.54) is 19.1 Å². The van der Waals surface area contributed by atoms with Crippen molar-refractivity contribution in [3.8, 4) is 5.75 Å². The number of benzene rings is 1. The van der Waals surface area contributed by atoms with Crippen LogP contribution in [0.3, 0.4) is 0 Å². The number of allylic oxidation sites excluding steroid dienone is 1. The van der Waals surface area contributed by atoms with Gasteiger partial charge in [-0.05, 0) is 51.3 Å². The highest BCUT2D eigenvalue weighted by atomic mass is 19.4. The molecule has 1 aromatic rings. The molecule has 0 radical (unpaired) electrons. The van der Waals surface area contributed by atoms with Crippen LogP contribution in [0.1, 0.15) is 45.6 Å². The number of halogens is 3. The normalized spacial score (nSPS) is 11.9. The highest BCUT2D eigenvalue weighted by Crippen LogP contribution is 2.31. The van der Waals surface area contributed by atoms with E-state index in [1.807, 2.05) is 0 Å². The Kier molecular flexibility index (Phi) is 6.96. The Morgan fingerprint density at radius 2 is 1.68 bits per heavy atom. The Labute approximate surface area is 145 Å². The highest BCUT2D eigenvalue weighted by molar-refractivity contribution is 5.89.